The first kappa shape index (κ1) is 14.2. The lowest BCUT2D eigenvalue weighted by Gasteiger charge is -2.08. The first-order valence-electron chi connectivity index (χ1n) is 6.04. The van der Waals surface area contributed by atoms with Gasteiger partial charge >= 0.3 is 5.97 Å². The van der Waals surface area contributed by atoms with Gasteiger partial charge in [0, 0.05) is 10.6 Å². The van der Waals surface area contributed by atoms with E-state index in [-0.39, 0.29) is 5.97 Å². The van der Waals surface area contributed by atoms with Crippen molar-refractivity contribution in [3.63, 3.8) is 0 Å². The maximum Gasteiger partial charge on any atom is 0.338 e. The summed E-state index contributed by atoms with van der Waals surface area (Å²) in [5.74, 6) is 0.352. The topological polar surface area (TPSA) is 50.1 Å². The molecule has 0 amide bonds. The smallest absolute Gasteiger partial charge is 0.338 e. The van der Waals surface area contributed by atoms with E-state index in [1.54, 1.807) is 18.2 Å². The van der Waals surface area contributed by atoms with Crippen molar-refractivity contribution in [3.05, 3.63) is 65.2 Å². The van der Waals surface area contributed by atoms with Crippen LogP contribution in [-0.2, 0) is 10.5 Å². The summed E-state index contributed by atoms with van der Waals surface area (Å²) in [7, 11) is 1.35. The highest BCUT2D eigenvalue weighted by Gasteiger charge is 2.13. The molecule has 0 aliphatic heterocycles. The van der Waals surface area contributed by atoms with Gasteiger partial charge in [0.1, 0.15) is 0 Å². The Kier molecular flexibility index (Phi) is 4.80. The van der Waals surface area contributed by atoms with Crippen molar-refractivity contribution in [1.82, 2.24) is 0 Å². The molecule has 0 saturated heterocycles. The molecule has 3 nitrogen and oxygen atoms in total. The molecule has 0 fully saturated rings. The van der Waals surface area contributed by atoms with Gasteiger partial charge in [0.2, 0.25) is 0 Å². The van der Waals surface area contributed by atoms with Gasteiger partial charge in [0.15, 0.2) is 0 Å². The minimum Gasteiger partial charge on any atom is -0.465 e. The van der Waals surface area contributed by atoms with Crippen LogP contribution in [0.2, 0.25) is 0 Å². The molecule has 0 unspecified atom stereocenters. The van der Waals surface area contributed by atoms with Crippen molar-refractivity contribution in [1.29, 1.82) is 5.26 Å². The van der Waals surface area contributed by atoms with Crippen LogP contribution in [0.3, 0.4) is 0 Å². The fourth-order valence-corrected chi connectivity index (χ4v) is 2.76. The van der Waals surface area contributed by atoms with Gasteiger partial charge in [-0.3, -0.25) is 0 Å². The summed E-state index contributed by atoms with van der Waals surface area (Å²) in [5, 5.41) is 8.96. The molecule has 0 atom stereocenters. The van der Waals surface area contributed by atoms with Crippen LogP contribution in [0, 0.1) is 11.3 Å². The van der Waals surface area contributed by atoms with Gasteiger partial charge < -0.3 is 4.74 Å². The molecule has 20 heavy (non-hydrogen) atoms. The number of thioether (sulfide) groups is 1. The predicted octanol–water partition coefficient (Wildman–Crippen LogP) is 3.64. The average molecular weight is 283 g/mol. The van der Waals surface area contributed by atoms with Crippen molar-refractivity contribution in [2.75, 3.05) is 7.11 Å². The fourth-order valence-electron chi connectivity index (χ4n) is 1.73. The molecule has 2 aromatic rings. The number of nitriles is 1. The van der Waals surface area contributed by atoms with Crippen LogP contribution in [0.4, 0.5) is 0 Å². The van der Waals surface area contributed by atoms with E-state index in [9.17, 15) is 4.79 Å². The Morgan fingerprint density at radius 1 is 1.25 bits per heavy atom. The number of hydrogen-bond acceptors (Lipinski definition) is 4. The molecule has 0 aromatic heterocycles. The molecular formula is C16H13NO2S. The molecule has 2 rings (SSSR count). The molecule has 100 valence electrons. The van der Waals surface area contributed by atoms with Crippen LogP contribution in [0.1, 0.15) is 21.5 Å². The van der Waals surface area contributed by atoms with E-state index in [2.05, 4.69) is 6.07 Å². The zero-order valence-corrected chi connectivity index (χ0v) is 11.8. The van der Waals surface area contributed by atoms with E-state index < -0.39 is 0 Å². The second-order valence-electron chi connectivity index (χ2n) is 4.09. The van der Waals surface area contributed by atoms with Crippen molar-refractivity contribution in [2.45, 2.75) is 10.6 Å². The highest BCUT2D eigenvalue weighted by Crippen LogP contribution is 2.28. The summed E-state index contributed by atoms with van der Waals surface area (Å²) >= 11 is 1.52. The molecule has 0 saturated carbocycles. The molecule has 0 heterocycles. The number of ether oxygens (including phenoxy) is 1. The number of benzene rings is 2. The Bertz CT molecular complexity index is 647. The summed E-state index contributed by atoms with van der Waals surface area (Å²) in [5.41, 5.74) is 2.19. The lowest BCUT2D eigenvalue weighted by atomic mass is 10.1. The first-order valence-corrected chi connectivity index (χ1v) is 7.02. The largest absolute Gasteiger partial charge is 0.465 e. The quantitative estimate of drug-likeness (QED) is 0.635. The minimum absolute atomic E-state index is 0.384. The van der Waals surface area contributed by atoms with Crippen molar-refractivity contribution >= 4 is 17.7 Å². The van der Waals surface area contributed by atoms with Gasteiger partial charge in [-0.2, -0.15) is 5.26 Å². The van der Waals surface area contributed by atoms with E-state index >= 15 is 0 Å². The summed E-state index contributed by atoms with van der Waals surface area (Å²) in [4.78, 5) is 12.5. The molecule has 4 heteroatoms. The molecule has 0 aliphatic carbocycles. The first-order chi connectivity index (χ1) is 9.74. The molecule has 2 aromatic carbocycles. The van der Waals surface area contributed by atoms with E-state index in [1.807, 2.05) is 30.3 Å². The summed E-state index contributed by atoms with van der Waals surface area (Å²) < 4.78 is 4.77. The summed E-state index contributed by atoms with van der Waals surface area (Å²) in [6, 6.07) is 17.0. The van der Waals surface area contributed by atoms with Crippen LogP contribution in [0.5, 0.6) is 0 Å². The normalized spacial score (nSPS) is 9.80. The highest BCUT2D eigenvalue weighted by molar-refractivity contribution is 7.98. The number of hydrogen-bond donors (Lipinski definition) is 0. The number of methoxy groups -OCH3 is 1. The van der Waals surface area contributed by atoms with Gasteiger partial charge in [-0.15, -0.1) is 11.8 Å². The number of nitrogens with zero attached hydrogens (tertiary/aromatic N) is 1. The van der Waals surface area contributed by atoms with Crippen LogP contribution in [0.25, 0.3) is 0 Å². The molecule has 0 N–H and O–H groups in total. The van der Waals surface area contributed by atoms with E-state index in [1.165, 1.54) is 18.9 Å². The third kappa shape index (κ3) is 3.40. The average Bonchev–Trinajstić information content (AvgIpc) is 2.52. The highest BCUT2D eigenvalue weighted by atomic mass is 32.2. The monoisotopic (exact) mass is 283 g/mol. The zero-order chi connectivity index (χ0) is 14.4. The fraction of sp³-hybridized carbons (Fsp3) is 0.125. The SMILES string of the molecule is COC(=O)c1ccc(C#N)cc1SCc1ccccc1. The van der Waals surface area contributed by atoms with Crippen molar-refractivity contribution < 1.29 is 9.53 Å². The second-order valence-corrected chi connectivity index (χ2v) is 5.11. The Morgan fingerprint density at radius 3 is 2.65 bits per heavy atom. The van der Waals surface area contributed by atoms with E-state index in [0.29, 0.717) is 11.1 Å². The van der Waals surface area contributed by atoms with Gasteiger partial charge in [0.25, 0.3) is 0 Å². The van der Waals surface area contributed by atoms with Crippen LogP contribution in [-0.4, -0.2) is 13.1 Å². The Hall–Kier alpha value is -2.25. The minimum atomic E-state index is -0.384. The lowest BCUT2D eigenvalue weighted by Crippen LogP contribution is -2.03. The maximum absolute atomic E-state index is 11.7. The number of rotatable bonds is 4. The van der Waals surface area contributed by atoms with Crippen LogP contribution in [0.15, 0.2) is 53.4 Å². The lowest BCUT2D eigenvalue weighted by molar-refractivity contribution is 0.0597. The Morgan fingerprint density at radius 2 is 2.00 bits per heavy atom. The molecule has 0 bridgehead atoms. The third-order valence-corrected chi connectivity index (χ3v) is 3.88. The molecular weight excluding hydrogens is 270 g/mol. The Labute approximate surface area is 122 Å². The number of esters is 1. The van der Waals surface area contributed by atoms with Gasteiger partial charge in [-0.05, 0) is 23.8 Å². The maximum atomic E-state index is 11.7. The zero-order valence-electron chi connectivity index (χ0n) is 11.0. The number of carbonyl (C=O) groups is 1. The van der Waals surface area contributed by atoms with Crippen molar-refractivity contribution in [2.24, 2.45) is 0 Å². The molecule has 0 radical (unpaired) electrons. The van der Waals surface area contributed by atoms with E-state index in [0.717, 1.165) is 16.2 Å². The van der Waals surface area contributed by atoms with Crippen LogP contribution >= 0.6 is 11.8 Å². The standard InChI is InChI=1S/C16H13NO2S/c1-19-16(18)14-8-7-13(10-17)9-15(14)20-11-12-5-3-2-4-6-12/h2-9H,11H2,1H3. The second kappa shape index (κ2) is 6.78. The van der Waals surface area contributed by atoms with E-state index in [4.69, 9.17) is 10.00 Å². The van der Waals surface area contributed by atoms with Gasteiger partial charge in [-0.1, -0.05) is 30.3 Å². The predicted molar refractivity (Wildman–Crippen MR) is 78.5 cm³/mol. The molecule has 0 aliphatic rings. The van der Waals surface area contributed by atoms with Gasteiger partial charge in [0.05, 0.1) is 24.3 Å². The summed E-state index contributed by atoms with van der Waals surface area (Å²) in [6.45, 7) is 0. The Balaban J connectivity index is 2.24. The van der Waals surface area contributed by atoms with Crippen molar-refractivity contribution in [3.8, 4) is 6.07 Å². The van der Waals surface area contributed by atoms with Gasteiger partial charge in [-0.25, -0.2) is 4.79 Å². The summed E-state index contributed by atoms with van der Waals surface area (Å²) in [6.07, 6.45) is 0. The molecule has 0 spiro atoms. The third-order valence-electron chi connectivity index (χ3n) is 2.75. The van der Waals surface area contributed by atoms with Crippen LogP contribution < -0.4 is 0 Å². The number of carbonyl (C=O) groups excluding carboxylic acids is 1.